The number of hydrogen-bond acceptors (Lipinski definition) is 5. The van der Waals surface area contributed by atoms with Crippen LogP contribution in [0.5, 0.6) is 5.75 Å². The standard InChI is InChI=1S/C18H23N3O2S/c1-23-14-8-3-9-15-16(14)20-18(24-15)21-10-4-7-13(11-21)19-17(22)12-5-2-6-12/h3,8-9,12-13H,2,4-7,10-11H2,1H3,(H,19,22). The Morgan fingerprint density at radius 2 is 2.21 bits per heavy atom. The van der Waals surface area contributed by atoms with Gasteiger partial charge in [0.25, 0.3) is 0 Å². The van der Waals surface area contributed by atoms with Gasteiger partial charge in [0.15, 0.2) is 5.13 Å². The highest BCUT2D eigenvalue weighted by Crippen LogP contribution is 2.35. The first kappa shape index (κ1) is 15.7. The summed E-state index contributed by atoms with van der Waals surface area (Å²) in [5, 5.41) is 4.27. The number of nitrogens with one attached hydrogen (secondary N) is 1. The van der Waals surface area contributed by atoms with Crippen LogP contribution in [0.25, 0.3) is 10.2 Å². The highest BCUT2D eigenvalue weighted by atomic mass is 32.1. The highest BCUT2D eigenvalue weighted by molar-refractivity contribution is 7.22. The maximum atomic E-state index is 12.2. The van der Waals surface area contributed by atoms with Gasteiger partial charge in [-0.2, -0.15) is 0 Å². The summed E-state index contributed by atoms with van der Waals surface area (Å²) in [6.07, 6.45) is 5.45. The second kappa shape index (κ2) is 6.59. The molecule has 2 heterocycles. The molecule has 2 fully saturated rings. The number of rotatable bonds is 4. The van der Waals surface area contributed by atoms with Crippen LogP contribution in [0.15, 0.2) is 18.2 Å². The number of para-hydroxylation sites is 1. The second-order valence-electron chi connectivity index (χ2n) is 6.73. The Morgan fingerprint density at radius 1 is 1.33 bits per heavy atom. The van der Waals surface area contributed by atoms with Crippen LogP contribution in [0.4, 0.5) is 5.13 Å². The van der Waals surface area contributed by atoms with E-state index in [9.17, 15) is 4.79 Å². The summed E-state index contributed by atoms with van der Waals surface area (Å²) in [5.74, 6) is 1.33. The average Bonchev–Trinajstić information content (AvgIpc) is 2.97. The number of anilines is 1. The smallest absolute Gasteiger partial charge is 0.223 e. The Hall–Kier alpha value is -1.82. The highest BCUT2D eigenvalue weighted by Gasteiger charge is 2.29. The monoisotopic (exact) mass is 345 g/mol. The molecule has 1 saturated carbocycles. The third-order valence-corrected chi connectivity index (χ3v) is 6.19. The Morgan fingerprint density at radius 3 is 2.96 bits per heavy atom. The number of carbonyl (C=O) groups excluding carboxylic acids is 1. The molecule has 1 amide bonds. The van der Waals surface area contributed by atoms with Crippen molar-refractivity contribution in [1.29, 1.82) is 0 Å². The molecule has 1 aromatic carbocycles. The summed E-state index contributed by atoms with van der Waals surface area (Å²) >= 11 is 1.70. The molecule has 6 heteroatoms. The fourth-order valence-corrected chi connectivity index (χ4v) is 4.49. The fraction of sp³-hybridized carbons (Fsp3) is 0.556. The Balaban J connectivity index is 1.48. The molecule has 0 bridgehead atoms. The Kier molecular flexibility index (Phi) is 4.31. The zero-order chi connectivity index (χ0) is 16.5. The van der Waals surface area contributed by atoms with Gasteiger partial charge in [-0.25, -0.2) is 4.98 Å². The lowest BCUT2D eigenvalue weighted by atomic mass is 9.84. The minimum Gasteiger partial charge on any atom is -0.494 e. The van der Waals surface area contributed by atoms with Gasteiger partial charge >= 0.3 is 0 Å². The maximum Gasteiger partial charge on any atom is 0.223 e. The van der Waals surface area contributed by atoms with Gasteiger partial charge in [0, 0.05) is 25.0 Å². The third-order valence-electron chi connectivity index (χ3n) is 5.10. The molecule has 0 radical (unpaired) electrons. The molecule has 2 aromatic rings. The van der Waals surface area contributed by atoms with E-state index in [1.54, 1.807) is 18.4 Å². The van der Waals surface area contributed by atoms with Gasteiger partial charge in [0.05, 0.1) is 11.8 Å². The Bertz CT molecular complexity index is 741. The van der Waals surface area contributed by atoms with Crippen LogP contribution < -0.4 is 15.0 Å². The Labute approximate surface area is 146 Å². The lowest BCUT2D eigenvalue weighted by Gasteiger charge is -2.34. The molecule has 1 N–H and O–H groups in total. The predicted octanol–water partition coefficient (Wildman–Crippen LogP) is 3.19. The molecule has 1 aromatic heterocycles. The normalized spacial score (nSPS) is 21.5. The van der Waals surface area contributed by atoms with Crippen LogP contribution in [-0.2, 0) is 4.79 Å². The molecule has 128 valence electrons. The average molecular weight is 345 g/mol. The van der Waals surface area contributed by atoms with Crippen molar-refractivity contribution in [1.82, 2.24) is 10.3 Å². The van der Waals surface area contributed by atoms with E-state index in [-0.39, 0.29) is 17.9 Å². The number of ether oxygens (including phenoxy) is 1. The predicted molar refractivity (Wildman–Crippen MR) is 96.9 cm³/mol. The number of fused-ring (bicyclic) bond motifs is 1. The van der Waals surface area contributed by atoms with Gasteiger partial charge in [-0.1, -0.05) is 23.8 Å². The first-order valence-corrected chi connectivity index (χ1v) is 9.55. The maximum absolute atomic E-state index is 12.2. The van der Waals surface area contributed by atoms with Crippen LogP contribution in [0, 0.1) is 5.92 Å². The third kappa shape index (κ3) is 2.95. The summed E-state index contributed by atoms with van der Waals surface area (Å²) in [4.78, 5) is 19.3. The van der Waals surface area contributed by atoms with E-state index < -0.39 is 0 Å². The first-order valence-electron chi connectivity index (χ1n) is 8.73. The molecule has 5 nitrogen and oxygen atoms in total. The van der Waals surface area contributed by atoms with Crippen molar-refractivity contribution in [3.8, 4) is 5.75 Å². The summed E-state index contributed by atoms with van der Waals surface area (Å²) < 4.78 is 6.56. The quantitative estimate of drug-likeness (QED) is 0.925. The molecule has 1 aliphatic heterocycles. The molecule has 24 heavy (non-hydrogen) atoms. The lowest BCUT2D eigenvalue weighted by molar-refractivity contribution is -0.128. The molecular weight excluding hydrogens is 322 g/mol. The van der Waals surface area contributed by atoms with E-state index in [2.05, 4.69) is 16.3 Å². The minimum absolute atomic E-state index is 0.237. The van der Waals surface area contributed by atoms with Gasteiger partial charge in [-0.05, 0) is 37.8 Å². The number of nitrogens with zero attached hydrogens (tertiary/aromatic N) is 2. The molecule has 4 rings (SSSR count). The summed E-state index contributed by atoms with van der Waals surface area (Å²) in [7, 11) is 1.68. The minimum atomic E-state index is 0.237. The summed E-state index contributed by atoms with van der Waals surface area (Å²) in [6.45, 7) is 1.85. The van der Waals surface area contributed by atoms with Crippen LogP contribution in [0.2, 0.25) is 0 Å². The first-order chi connectivity index (χ1) is 11.7. The van der Waals surface area contributed by atoms with Crippen molar-refractivity contribution in [2.75, 3.05) is 25.1 Å². The number of carbonyl (C=O) groups is 1. The summed E-state index contributed by atoms with van der Waals surface area (Å²) in [6, 6.07) is 6.27. The number of piperidine rings is 1. The zero-order valence-corrected chi connectivity index (χ0v) is 14.8. The lowest BCUT2D eigenvalue weighted by Crippen LogP contribution is -2.50. The van der Waals surface area contributed by atoms with Gasteiger partial charge in [0.1, 0.15) is 11.3 Å². The molecule has 1 aliphatic carbocycles. The number of methoxy groups -OCH3 is 1. The van der Waals surface area contributed by atoms with E-state index in [0.717, 1.165) is 59.9 Å². The van der Waals surface area contributed by atoms with Gasteiger partial charge in [0.2, 0.25) is 5.91 Å². The van der Waals surface area contributed by atoms with E-state index in [1.165, 1.54) is 6.42 Å². The van der Waals surface area contributed by atoms with Gasteiger partial charge < -0.3 is 15.0 Å². The van der Waals surface area contributed by atoms with Crippen molar-refractivity contribution in [3.63, 3.8) is 0 Å². The number of benzene rings is 1. The molecule has 1 atom stereocenters. The van der Waals surface area contributed by atoms with Crippen LogP contribution >= 0.6 is 11.3 Å². The summed E-state index contributed by atoms with van der Waals surface area (Å²) in [5.41, 5.74) is 0.931. The van der Waals surface area contributed by atoms with Crippen molar-refractivity contribution < 1.29 is 9.53 Å². The fourth-order valence-electron chi connectivity index (χ4n) is 3.47. The van der Waals surface area contributed by atoms with Crippen molar-refractivity contribution in [3.05, 3.63) is 18.2 Å². The molecule has 0 spiro atoms. The van der Waals surface area contributed by atoms with Crippen molar-refractivity contribution in [2.45, 2.75) is 38.1 Å². The van der Waals surface area contributed by atoms with Crippen molar-refractivity contribution >= 4 is 32.6 Å². The topological polar surface area (TPSA) is 54.5 Å². The number of aromatic nitrogens is 1. The van der Waals surface area contributed by atoms with Crippen LogP contribution in [-0.4, -0.2) is 37.1 Å². The number of amides is 1. The number of thiazole rings is 1. The van der Waals surface area contributed by atoms with E-state index >= 15 is 0 Å². The second-order valence-corrected chi connectivity index (χ2v) is 7.73. The molecule has 1 unspecified atom stereocenters. The largest absolute Gasteiger partial charge is 0.494 e. The van der Waals surface area contributed by atoms with E-state index in [4.69, 9.17) is 9.72 Å². The van der Waals surface area contributed by atoms with Crippen molar-refractivity contribution in [2.24, 2.45) is 5.92 Å². The molecule has 1 saturated heterocycles. The van der Waals surface area contributed by atoms with E-state index in [1.807, 2.05) is 12.1 Å². The van der Waals surface area contributed by atoms with Gasteiger partial charge in [-0.3, -0.25) is 4.79 Å². The zero-order valence-electron chi connectivity index (χ0n) is 14.0. The van der Waals surface area contributed by atoms with Crippen LogP contribution in [0.1, 0.15) is 32.1 Å². The molecular formula is C18H23N3O2S. The molecule has 2 aliphatic rings. The van der Waals surface area contributed by atoms with Crippen LogP contribution in [0.3, 0.4) is 0 Å². The number of hydrogen-bond donors (Lipinski definition) is 1. The van der Waals surface area contributed by atoms with E-state index in [0.29, 0.717) is 0 Å². The SMILES string of the molecule is COc1cccc2sc(N3CCCC(NC(=O)C4CCC4)C3)nc12. The van der Waals surface area contributed by atoms with Gasteiger partial charge in [-0.15, -0.1) is 0 Å².